The molecule has 0 saturated carbocycles. The van der Waals surface area contributed by atoms with Gasteiger partial charge in [0, 0.05) is 40.3 Å². The molecule has 5 nitrogen and oxygen atoms in total. The van der Waals surface area contributed by atoms with E-state index in [2.05, 4.69) is 75.7 Å². The van der Waals surface area contributed by atoms with Gasteiger partial charge in [0.25, 0.3) is 0 Å². The Labute approximate surface area is 203 Å². The Morgan fingerprint density at radius 3 is 2.50 bits per heavy atom. The molecule has 0 aliphatic carbocycles. The number of ether oxygens (including phenoxy) is 1. The van der Waals surface area contributed by atoms with Crippen LogP contribution in [0.5, 0.6) is 0 Å². The second-order valence-corrected chi connectivity index (χ2v) is 9.44. The van der Waals surface area contributed by atoms with Crippen LogP contribution in [-0.2, 0) is 16.1 Å². The standard InChI is InChI=1S/C28H29N3O2S/c1-4-33-26(32)8-6-5-7-15-31-24-16-18(2)9-12-22(24)23-14-11-20(17-25(23)31)21-13-10-19(3)27-28(21)30-34-29-27/h9-14,16-17H,4-8,15H2,1-3H3. The van der Waals surface area contributed by atoms with E-state index in [1.165, 1.54) is 39.1 Å². The van der Waals surface area contributed by atoms with Gasteiger partial charge in [-0.2, -0.15) is 8.75 Å². The largest absolute Gasteiger partial charge is 0.466 e. The summed E-state index contributed by atoms with van der Waals surface area (Å²) in [4.78, 5) is 11.7. The third-order valence-electron chi connectivity index (χ3n) is 6.52. The van der Waals surface area contributed by atoms with E-state index < -0.39 is 0 Å². The van der Waals surface area contributed by atoms with Crippen molar-refractivity contribution < 1.29 is 9.53 Å². The highest BCUT2D eigenvalue weighted by molar-refractivity contribution is 7.00. The fourth-order valence-corrected chi connectivity index (χ4v) is 5.41. The van der Waals surface area contributed by atoms with E-state index >= 15 is 0 Å². The molecule has 0 aliphatic heterocycles. The van der Waals surface area contributed by atoms with Crippen LogP contribution in [0, 0.1) is 13.8 Å². The zero-order chi connectivity index (χ0) is 23.7. The lowest BCUT2D eigenvalue weighted by molar-refractivity contribution is -0.143. The molecule has 0 aliphatic rings. The lowest BCUT2D eigenvalue weighted by Gasteiger charge is -2.10. The van der Waals surface area contributed by atoms with Gasteiger partial charge in [0.2, 0.25) is 0 Å². The van der Waals surface area contributed by atoms with Crippen molar-refractivity contribution in [3.8, 4) is 11.1 Å². The van der Waals surface area contributed by atoms with Crippen molar-refractivity contribution >= 4 is 50.5 Å². The molecule has 0 fully saturated rings. The molecule has 0 amide bonds. The molecule has 0 saturated heterocycles. The number of aromatic nitrogens is 3. The summed E-state index contributed by atoms with van der Waals surface area (Å²) in [7, 11) is 0. The molecule has 0 radical (unpaired) electrons. The molecule has 34 heavy (non-hydrogen) atoms. The maximum absolute atomic E-state index is 11.7. The maximum atomic E-state index is 11.7. The highest BCUT2D eigenvalue weighted by Crippen LogP contribution is 2.35. The van der Waals surface area contributed by atoms with E-state index in [1.54, 1.807) is 0 Å². The number of benzene rings is 3. The van der Waals surface area contributed by atoms with E-state index in [-0.39, 0.29) is 5.97 Å². The van der Waals surface area contributed by atoms with Crippen molar-refractivity contribution in [3.63, 3.8) is 0 Å². The molecule has 174 valence electrons. The van der Waals surface area contributed by atoms with Gasteiger partial charge >= 0.3 is 5.97 Å². The molecule has 6 heteroatoms. The third kappa shape index (κ3) is 4.18. The molecule has 0 bridgehead atoms. The normalized spacial score (nSPS) is 11.6. The third-order valence-corrected chi connectivity index (χ3v) is 7.05. The van der Waals surface area contributed by atoms with Gasteiger partial charge in [-0.25, -0.2) is 0 Å². The Bertz CT molecular complexity index is 1500. The monoisotopic (exact) mass is 471 g/mol. The molecule has 0 unspecified atom stereocenters. The molecule has 0 N–H and O–H groups in total. The van der Waals surface area contributed by atoms with Gasteiger partial charge in [-0.1, -0.05) is 42.8 Å². The van der Waals surface area contributed by atoms with Gasteiger partial charge in [0.1, 0.15) is 11.0 Å². The zero-order valence-corrected chi connectivity index (χ0v) is 20.7. The van der Waals surface area contributed by atoms with Crippen molar-refractivity contribution in [1.29, 1.82) is 0 Å². The first-order chi connectivity index (χ1) is 16.6. The van der Waals surface area contributed by atoms with Crippen LogP contribution in [0.4, 0.5) is 0 Å². The first-order valence-corrected chi connectivity index (χ1v) is 12.7. The number of aryl methyl sites for hydroxylation is 3. The van der Waals surface area contributed by atoms with Crippen molar-refractivity contribution in [2.45, 2.75) is 53.0 Å². The van der Waals surface area contributed by atoms with E-state index in [4.69, 9.17) is 4.74 Å². The second kappa shape index (κ2) is 9.55. The quantitative estimate of drug-likeness (QED) is 0.177. The lowest BCUT2D eigenvalue weighted by atomic mass is 10.0. The first kappa shape index (κ1) is 22.5. The molecule has 5 rings (SSSR count). The summed E-state index contributed by atoms with van der Waals surface area (Å²) in [6.45, 7) is 7.44. The number of carbonyl (C=O) groups excluding carboxylic acids is 1. The molecule has 2 aromatic heterocycles. The topological polar surface area (TPSA) is 57.0 Å². The van der Waals surface area contributed by atoms with Crippen molar-refractivity contribution in [2.24, 2.45) is 0 Å². The molecule has 0 spiro atoms. The van der Waals surface area contributed by atoms with Gasteiger partial charge in [-0.3, -0.25) is 4.79 Å². The molecular formula is C28H29N3O2S. The number of unbranched alkanes of at least 4 members (excludes halogenated alkanes) is 2. The van der Waals surface area contributed by atoms with Gasteiger partial charge in [-0.05, 0) is 62.4 Å². The number of carbonyl (C=O) groups is 1. The Morgan fingerprint density at radius 2 is 1.68 bits per heavy atom. The minimum absolute atomic E-state index is 0.0967. The summed E-state index contributed by atoms with van der Waals surface area (Å²) in [6.07, 6.45) is 3.36. The Kier molecular flexibility index (Phi) is 6.33. The van der Waals surface area contributed by atoms with Gasteiger partial charge < -0.3 is 9.30 Å². The Balaban J connectivity index is 1.51. The molecule has 2 heterocycles. The van der Waals surface area contributed by atoms with Crippen LogP contribution in [0.15, 0.2) is 48.5 Å². The number of esters is 1. The summed E-state index contributed by atoms with van der Waals surface area (Å²) in [5, 5.41) is 2.55. The minimum Gasteiger partial charge on any atom is -0.466 e. The van der Waals surface area contributed by atoms with Crippen LogP contribution in [0.3, 0.4) is 0 Å². The number of hydrogen-bond donors (Lipinski definition) is 0. The summed E-state index contributed by atoms with van der Waals surface area (Å²) in [6, 6.07) is 17.7. The molecule has 0 atom stereocenters. The van der Waals surface area contributed by atoms with E-state index in [0.29, 0.717) is 13.0 Å². The lowest BCUT2D eigenvalue weighted by Crippen LogP contribution is -2.04. The highest BCUT2D eigenvalue weighted by atomic mass is 32.1. The van der Waals surface area contributed by atoms with E-state index in [1.807, 2.05) is 6.92 Å². The summed E-state index contributed by atoms with van der Waals surface area (Å²) >= 11 is 1.27. The van der Waals surface area contributed by atoms with E-state index in [0.717, 1.165) is 53.5 Å². The van der Waals surface area contributed by atoms with Crippen molar-refractivity contribution in [2.75, 3.05) is 6.61 Å². The van der Waals surface area contributed by atoms with Crippen LogP contribution >= 0.6 is 11.7 Å². The van der Waals surface area contributed by atoms with Crippen molar-refractivity contribution in [3.05, 3.63) is 59.7 Å². The smallest absolute Gasteiger partial charge is 0.305 e. The van der Waals surface area contributed by atoms with Crippen LogP contribution in [-0.4, -0.2) is 25.9 Å². The van der Waals surface area contributed by atoms with Gasteiger partial charge in [-0.15, -0.1) is 0 Å². The summed E-state index contributed by atoms with van der Waals surface area (Å²) < 4.78 is 16.6. The number of hydrogen-bond acceptors (Lipinski definition) is 5. The van der Waals surface area contributed by atoms with Crippen LogP contribution in [0.2, 0.25) is 0 Å². The average molecular weight is 472 g/mol. The van der Waals surface area contributed by atoms with Crippen molar-refractivity contribution in [1.82, 2.24) is 13.3 Å². The number of nitrogens with zero attached hydrogens (tertiary/aromatic N) is 3. The fraction of sp³-hybridized carbons (Fsp3) is 0.321. The maximum Gasteiger partial charge on any atom is 0.305 e. The number of fused-ring (bicyclic) bond motifs is 4. The Morgan fingerprint density at radius 1 is 0.912 bits per heavy atom. The summed E-state index contributed by atoms with van der Waals surface area (Å²) in [5.74, 6) is -0.0967. The first-order valence-electron chi connectivity index (χ1n) is 12.0. The molecule has 5 aromatic rings. The predicted molar refractivity (Wildman–Crippen MR) is 140 cm³/mol. The SMILES string of the molecule is CCOC(=O)CCCCCn1c2cc(C)ccc2c2ccc(-c3ccc(C)c4nsnc34)cc21. The van der Waals surface area contributed by atoms with Gasteiger partial charge in [0.05, 0.1) is 18.3 Å². The fourth-order valence-electron chi connectivity index (χ4n) is 4.79. The summed E-state index contributed by atoms with van der Waals surface area (Å²) in [5.41, 5.74) is 9.16. The van der Waals surface area contributed by atoms with Crippen LogP contribution in [0.25, 0.3) is 44.0 Å². The average Bonchev–Trinajstić information content (AvgIpc) is 3.43. The highest BCUT2D eigenvalue weighted by Gasteiger charge is 2.15. The second-order valence-electron chi connectivity index (χ2n) is 8.91. The predicted octanol–water partition coefficient (Wildman–Crippen LogP) is 7.21. The van der Waals surface area contributed by atoms with E-state index in [9.17, 15) is 4.79 Å². The molecular weight excluding hydrogens is 442 g/mol. The number of rotatable bonds is 8. The molecule has 3 aromatic carbocycles. The van der Waals surface area contributed by atoms with Gasteiger partial charge in [0.15, 0.2) is 0 Å². The van der Waals surface area contributed by atoms with Crippen LogP contribution < -0.4 is 0 Å². The van der Waals surface area contributed by atoms with Crippen LogP contribution in [0.1, 0.15) is 43.7 Å². The zero-order valence-electron chi connectivity index (χ0n) is 19.9. The Hall–Kier alpha value is -3.25. The minimum atomic E-state index is -0.0967.